The standard InChI is InChI=1S/C12H16N4O3/c1-14-11(7(13)5-10(17)18)6-2-3-8-9(4-6)16-12(19)15-8/h2-4,7,11,14H,5,13H2,1H3,(H,17,18)(H2,15,16,19). The molecule has 102 valence electrons. The van der Waals surface area contributed by atoms with Crippen LogP contribution in [0.3, 0.4) is 0 Å². The number of imidazole rings is 1. The van der Waals surface area contributed by atoms with Crippen molar-refractivity contribution in [3.8, 4) is 0 Å². The molecular weight excluding hydrogens is 248 g/mol. The number of aromatic nitrogens is 2. The van der Waals surface area contributed by atoms with E-state index >= 15 is 0 Å². The molecule has 0 saturated carbocycles. The molecule has 2 aromatic rings. The molecule has 0 aliphatic carbocycles. The van der Waals surface area contributed by atoms with Gasteiger partial charge in [0.1, 0.15) is 0 Å². The SMILES string of the molecule is CNC(c1ccc2[nH]c(=O)[nH]c2c1)C(N)CC(=O)O. The number of aliphatic carboxylic acids is 1. The highest BCUT2D eigenvalue weighted by atomic mass is 16.4. The summed E-state index contributed by atoms with van der Waals surface area (Å²) in [7, 11) is 1.72. The Bertz CT molecular complexity index is 646. The second kappa shape index (κ2) is 5.25. The minimum Gasteiger partial charge on any atom is -0.481 e. The normalized spacial score (nSPS) is 14.4. The van der Waals surface area contributed by atoms with Crippen LogP contribution in [0.4, 0.5) is 0 Å². The Kier molecular flexibility index (Phi) is 3.68. The lowest BCUT2D eigenvalue weighted by molar-refractivity contribution is -0.137. The summed E-state index contributed by atoms with van der Waals surface area (Å²) in [6, 6.07) is 4.52. The molecule has 19 heavy (non-hydrogen) atoms. The highest BCUT2D eigenvalue weighted by Crippen LogP contribution is 2.20. The number of carboxylic acid groups (broad SMARTS) is 1. The van der Waals surface area contributed by atoms with Crippen LogP contribution in [-0.2, 0) is 4.79 Å². The highest BCUT2D eigenvalue weighted by Gasteiger charge is 2.21. The molecule has 1 heterocycles. The van der Waals surface area contributed by atoms with Gasteiger partial charge in [-0.2, -0.15) is 0 Å². The molecule has 0 spiro atoms. The number of fused-ring (bicyclic) bond motifs is 1. The molecule has 1 aromatic carbocycles. The fourth-order valence-corrected chi connectivity index (χ4v) is 2.19. The summed E-state index contributed by atoms with van der Waals surface area (Å²) in [5, 5.41) is 11.8. The molecule has 0 aliphatic rings. The largest absolute Gasteiger partial charge is 0.481 e. The van der Waals surface area contributed by atoms with E-state index in [0.29, 0.717) is 11.0 Å². The van der Waals surface area contributed by atoms with Crippen LogP contribution in [-0.4, -0.2) is 34.1 Å². The average Bonchev–Trinajstić information content (AvgIpc) is 2.68. The topological polar surface area (TPSA) is 124 Å². The molecule has 0 bridgehead atoms. The van der Waals surface area contributed by atoms with E-state index < -0.39 is 12.0 Å². The molecule has 0 saturated heterocycles. The second-order valence-corrected chi connectivity index (χ2v) is 4.41. The number of benzene rings is 1. The molecule has 2 rings (SSSR count). The monoisotopic (exact) mass is 264 g/mol. The Morgan fingerprint density at radius 3 is 2.74 bits per heavy atom. The minimum atomic E-state index is -0.941. The number of carboxylic acids is 1. The summed E-state index contributed by atoms with van der Waals surface area (Å²) in [4.78, 5) is 27.2. The van der Waals surface area contributed by atoms with Crippen molar-refractivity contribution in [2.45, 2.75) is 18.5 Å². The van der Waals surface area contributed by atoms with E-state index in [2.05, 4.69) is 15.3 Å². The molecule has 7 heteroatoms. The number of aromatic amines is 2. The maximum atomic E-state index is 11.2. The van der Waals surface area contributed by atoms with Gasteiger partial charge in [-0.25, -0.2) is 4.79 Å². The zero-order valence-electron chi connectivity index (χ0n) is 10.4. The minimum absolute atomic E-state index is 0.132. The third kappa shape index (κ3) is 2.83. The lowest BCUT2D eigenvalue weighted by atomic mass is 9.97. The lowest BCUT2D eigenvalue weighted by Crippen LogP contribution is -2.37. The Hall–Kier alpha value is -2.12. The molecular formula is C12H16N4O3. The summed E-state index contributed by atoms with van der Waals surface area (Å²) in [6.45, 7) is 0. The molecule has 0 fully saturated rings. The Morgan fingerprint density at radius 2 is 2.11 bits per heavy atom. The molecule has 6 N–H and O–H groups in total. The smallest absolute Gasteiger partial charge is 0.323 e. The third-order valence-electron chi connectivity index (χ3n) is 3.05. The number of carbonyl (C=O) groups is 1. The number of nitrogens with two attached hydrogens (primary N) is 1. The Morgan fingerprint density at radius 1 is 1.42 bits per heavy atom. The van der Waals surface area contributed by atoms with Crippen LogP contribution >= 0.6 is 0 Å². The van der Waals surface area contributed by atoms with E-state index in [4.69, 9.17) is 10.8 Å². The number of likely N-dealkylation sites (N-methyl/N-ethyl adjacent to an activating group) is 1. The zero-order valence-corrected chi connectivity index (χ0v) is 10.4. The zero-order chi connectivity index (χ0) is 14.0. The lowest BCUT2D eigenvalue weighted by Gasteiger charge is -2.22. The number of rotatable bonds is 5. The molecule has 0 amide bonds. The highest BCUT2D eigenvalue weighted by molar-refractivity contribution is 5.75. The first kappa shape index (κ1) is 13.3. The number of hydrogen-bond donors (Lipinski definition) is 5. The summed E-state index contributed by atoms with van der Waals surface area (Å²) < 4.78 is 0. The summed E-state index contributed by atoms with van der Waals surface area (Å²) >= 11 is 0. The van der Waals surface area contributed by atoms with Gasteiger partial charge in [0, 0.05) is 12.1 Å². The predicted molar refractivity (Wildman–Crippen MR) is 70.9 cm³/mol. The fourth-order valence-electron chi connectivity index (χ4n) is 2.19. The van der Waals surface area contributed by atoms with Crippen molar-refractivity contribution in [3.05, 3.63) is 34.2 Å². The van der Waals surface area contributed by atoms with Crippen molar-refractivity contribution < 1.29 is 9.90 Å². The molecule has 0 radical (unpaired) electrons. The third-order valence-corrected chi connectivity index (χ3v) is 3.05. The first-order valence-corrected chi connectivity index (χ1v) is 5.88. The van der Waals surface area contributed by atoms with Crippen molar-refractivity contribution in [2.24, 2.45) is 5.73 Å². The van der Waals surface area contributed by atoms with Gasteiger partial charge in [0.25, 0.3) is 0 Å². The van der Waals surface area contributed by atoms with Crippen LogP contribution in [0.25, 0.3) is 11.0 Å². The molecule has 0 aliphatic heterocycles. The van der Waals surface area contributed by atoms with Crippen molar-refractivity contribution in [3.63, 3.8) is 0 Å². The van der Waals surface area contributed by atoms with Crippen LogP contribution in [0.15, 0.2) is 23.0 Å². The van der Waals surface area contributed by atoms with Crippen molar-refractivity contribution >= 4 is 17.0 Å². The first-order valence-electron chi connectivity index (χ1n) is 5.88. The molecule has 1 aromatic heterocycles. The Labute approximate surface area is 108 Å². The van der Waals surface area contributed by atoms with Gasteiger partial charge in [-0.1, -0.05) is 6.07 Å². The van der Waals surface area contributed by atoms with Crippen LogP contribution in [0.2, 0.25) is 0 Å². The number of nitrogens with one attached hydrogen (secondary N) is 3. The van der Waals surface area contributed by atoms with Gasteiger partial charge in [0.2, 0.25) is 0 Å². The van der Waals surface area contributed by atoms with Gasteiger partial charge in [-0.15, -0.1) is 0 Å². The average molecular weight is 264 g/mol. The van der Waals surface area contributed by atoms with Crippen LogP contribution in [0.5, 0.6) is 0 Å². The summed E-state index contributed by atoms with van der Waals surface area (Å²) in [5.74, 6) is -0.941. The number of H-pyrrole nitrogens is 2. The van der Waals surface area contributed by atoms with E-state index in [0.717, 1.165) is 5.56 Å². The predicted octanol–water partition coefficient (Wildman–Crippen LogP) is -0.0813. The van der Waals surface area contributed by atoms with Crippen LogP contribution < -0.4 is 16.7 Å². The summed E-state index contributed by atoms with van der Waals surface area (Å²) in [6.07, 6.45) is -0.132. The maximum Gasteiger partial charge on any atom is 0.323 e. The molecule has 2 atom stereocenters. The molecule has 7 nitrogen and oxygen atoms in total. The van der Waals surface area contributed by atoms with E-state index in [-0.39, 0.29) is 18.2 Å². The van der Waals surface area contributed by atoms with E-state index in [1.807, 2.05) is 6.07 Å². The van der Waals surface area contributed by atoms with Crippen molar-refractivity contribution in [1.82, 2.24) is 15.3 Å². The number of hydrogen-bond acceptors (Lipinski definition) is 4. The Balaban J connectivity index is 2.34. The van der Waals surface area contributed by atoms with Crippen LogP contribution in [0, 0.1) is 0 Å². The fraction of sp³-hybridized carbons (Fsp3) is 0.333. The quantitative estimate of drug-likeness (QED) is 0.516. The van der Waals surface area contributed by atoms with Gasteiger partial charge < -0.3 is 26.1 Å². The van der Waals surface area contributed by atoms with Crippen molar-refractivity contribution in [1.29, 1.82) is 0 Å². The maximum absolute atomic E-state index is 11.2. The van der Waals surface area contributed by atoms with Gasteiger partial charge in [-0.05, 0) is 24.7 Å². The van der Waals surface area contributed by atoms with E-state index in [1.54, 1.807) is 19.2 Å². The van der Waals surface area contributed by atoms with E-state index in [9.17, 15) is 9.59 Å². The van der Waals surface area contributed by atoms with Gasteiger partial charge in [0.15, 0.2) is 0 Å². The first-order chi connectivity index (χ1) is 9.01. The summed E-state index contributed by atoms with van der Waals surface area (Å²) in [5.41, 5.74) is 7.82. The van der Waals surface area contributed by atoms with Crippen molar-refractivity contribution in [2.75, 3.05) is 7.05 Å². The van der Waals surface area contributed by atoms with Gasteiger partial charge in [0.05, 0.1) is 17.5 Å². The van der Waals surface area contributed by atoms with Gasteiger partial charge >= 0.3 is 11.7 Å². The van der Waals surface area contributed by atoms with E-state index in [1.165, 1.54) is 0 Å². The second-order valence-electron chi connectivity index (χ2n) is 4.41. The van der Waals surface area contributed by atoms with Crippen LogP contribution in [0.1, 0.15) is 18.0 Å². The molecule has 2 unspecified atom stereocenters. The van der Waals surface area contributed by atoms with Gasteiger partial charge in [-0.3, -0.25) is 4.79 Å².